The maximum Gasteiger partial charge on any atom is 0.573 e. The number of piperidine rings is 1. The van der Waals surface area contributed by atoms with Crippen molar-refractivity contribution >= 4 is 38.8 Å². The van der Waals surface area contributed by atoms with Gasteiger partial charge >= 0.3 is 18.5 Å². The maximum atomic E-state index is 15.4. The first-order chi connectivity index (χ1) is 26.2. The molecule has 0 amide bonds. The third kappa shape index (κ3) is 7.53. The first-order valence-corrected chi connectivity index (χ1v) is 18.2. The zero-order valence-electron chi connectivity index (χ0n) is 28.4. The normalized spacial score (nSPS) is 28.0. The number of thiazole rings is 1. The van der Waals surface area contributed by atoms with Gasteiger partial charge in [-0.2, -0.15) is 0 Å². The Morgan fingerprint density at radius 3 is 2.33 bits per heavy atom. The van der Waals surface area contributed by atoms with Crippen LogP contribution < -0.4 is 9.64 Å². The third-order valence-corrected chi connectivity index (χ3v) is 11.2. The van der Waals surface area contributed by atoms with Crippen LogP contribution in [0.25, 0.3) is 21.5 Å². The van der Waals surface area contributed by atoms with Crippen LogP contribution in [0.15, 0.2) is 40.9 Å². The van der Waals surface area contributed by atoms with Gasteiger partial charge in [0.25, 0.3) is 0 Å². The molecule has 2 aromatic carbocycles. The smallest absolute Gasteiger partial charge is 0.450 e. The van der Waals surface area contributed by atoms with Gasteiger partial charge in [0.05, 0.1) is 23.0 Å². The van der Waals surface area contributed by atoms with Crippen LogP contribution in [0.2, 0.25) is 0 Å². The lowest BCUT2D eigenvalue weighted by molar-refractivity contribution is -0.327. The van der Waals surface area contributed by atoms with Crippen LogP contribution in [0.5, 0.6) is 5.75 Å². The molecular formula is C35H33F4N3O12S. The number of para-hydroxylation sites is 1. The Bertz CT molecular complexity index is 2080. The van der Waals surface area contributed by atoms with Crippen LogP contribution >= 0.6 is 11.3 Å². The molecular weight excluding hydrogens is 762 g/mol. The van der Waals surface area contributed by atoms with Gasteiger partial charge in [0.15, 0.2) is 10.9 Å². The van der Waals surface area contributed by atoms with E-state index in [-0.39, 0.29) is 53.0 Å². The first kappa shape index (κ1) is 37.3. The SMILES string of the molecule is O=C(O)O[C@@H]1O[C@@H](OC(=O)c2cc(F)c3nc(N4[C@@H]5CC[C@H]4CC(OCc4c(-c6ccccc6OC(F)(F)F)noc4C4CC4)C5)sc3c2)[C@H](O)[C@H](O)[C@@H]1O. The average molecular weight is 796 g/mol. The summed E-state index contributed by atoms with van der Waals surface area (Å²) in [6.45, 7) is 0.0655. The highest BCUT2D eigenvalue weighted by atomic mass is 32.1. The van der Waals surface area contributed by atoms with E-state index >= 15 is 4.39 Å². The monoisotopic (exact) mass is 795 g/mol. The Balaban J connectivity index is 0.957. The molecule has 2 bridgehead atoms. The second-order valence-electron chi connectivity index (χ2n) is 13.8. The standard InChI is InChI=1S/C35H33F4N3O12S/c36-21-9-15(30(46)50-31-27(44)26(43)28(45)32(51-31)52-34(47)48)10-23-25(21)40-33(55-23)42-16-7-8-17(42)12-18(11-16)49-13-20-24(41-54-29(20)14-5-6-14)19-3-1-2-4-22(19)53-35(37,38)39/h1-4,9-10,14,16-18,26-28,31-32,43-45H,5-8,11-13H2,(H,47,48)/t16-,17+,18?,26-,27+,28-,31+,32-/m0/s1. The van der Waals surface area contributed by atoms with E-state index in [4.69, 9.17) is 23.8 Å². The molecule has 8 atom stereocenters. The van der Waals surface area contributed by atoms with Crippen molar-refractivity contribution in [2.24, 2.45) is 0 Å². The average Bonchev–Trinajstić information content (AvgIpc) is 3.64. The molecule has 5 heterocycles. The predicted octanol–water partition coefficient (Wildman–Crippen LogP) is 5.20. The number of aliphatic hydroxyl groups is 3. The lowest BCUT2D eigenvalue weighted by atomic mass is 10.00. The number of rotatable bonds is 10. The van der Waals surface area contributed by atoms with Gasteiger partial charge in [0, 0.05) is 29.1 Å². The number of carbonyl (C=O) groups is 2. The van der Waals surface area contributed by atoms with Crippen molar-refractivity contribution in [3.63, 3.8) is 0 Å². The molecule has 294 valence electrons. The van der Waals surface area contributed by atoms with Gasteiger partial charge in [-0.25, -0.2) is 19.0 Å². The fourth-order valence-corrected chi connectivity index (χ4v) is 8.65. The fourth-order valence-electron chi connectivity index (χ4n) is 7.48. The fraction of sp³-hybridized carbons (Fsp3) is 0.486. The van der Waals surface area contributed by atoms with Gasteiger partial charge < -0.3 is 48.8 Å². The zero-order chi connectivity index (χ0) is 38.8. The first-order valence-electron chi connectivity index (χ1n) is 17.4. The molecule has 15 nitrogen and oxygen atoms in total. The lowest BCUT2D eigenvalue weighted by Crippen LogP contribution is -2.59. The van der Waals surface area contributed by atoms with E-state index in [1.807, 2.05) is 0 Å². The Labute approximate surface area is 311 Å². The van der Waals surface area contributed by atoms with Gasteiger partial charge in [0.1, 0.15) is 41.0 Å². The summed E-state index contributed by atoms with van der Waals surface area (Å²) in [7, 11) is 0. The quantitative estimate of drug-likeness (QED) is 0.120. The lowest BCUT2D eigenvalue weighted by Gasteiger charge is -2.38. The summed E-state index contributed by atoms with van der Waals surface area (Å²) in [4.78, 5) is 30.6. The molecule has 4 N–H and O–H groups in total. The molecule has 4 fully saturated rings. The zero-order valence-corrected chi connectivity index (χ0v) is 29.2. The number of benzene rings is 2. The van der Waals surface area contributed by atoms with Crippen LogP contribution in [0.3, 0.4) is 0 Å². The Kier molecular flexibility index (Phi) is 9.83. The molecule has 1 unspecified atom stereocenters. The van der Waals surface area contributed by atoms with Crippen molar-refractivity contribution in [1.82, 2.24) is 10.1 Å². The minimum Gasteiger partial charge on any atom is -0.450 e. The number of aromatic nitrogens is 2. The summed E-state index contributed by atoms with van der Waals surface area (Å²) in [6, 6.07) is 7.94. The van der Waals surface area contributed by atoms with Crippen LogP contribution in [0.4, 0.5) is 27.5 Å². The van der Waals surface area contributed by atoms with Crippen molar-refractivity contribution in [3.05, 3.63) is 59.1 Å². The number of carbonyl (C=O) groups excluding carboxylic acids is 1. The molecule has 0 radical (unpaired) electrons. The number of carboxylic acid groups (broad SMARTS) is 1. The number of hydrogen-bond acceptors (Lipinski definition) is 15. The molecule has 20 heteroatoms. The van der Waals surface area contributed by atoms with Crippen molar-refractivity contribution in [1.29, 1.82) is 0 Å². The molecule has 3 aliphatic heterocycles. The predicted molar refractivity (Wildman–Crippen MR) is 178 cm³/mol. The van der Waals surface area contributed by atoms with E-state index in [2.05, 4.69) is 24.5 Å². The number of ether oxygens (including phenoxy) is 5. The molecule has 1 saturated carbocycles. The number of alkyl halides is 3. The number of aliphatic hydroxyl groups excluding tert-OH is 3. The van der Waals surface area contributed by atoms with Crippen molar-refractivity contribution in [2.45, 2.75) is 106 Å². The summed E-state index contributed by atoms with van der Waals surface area (Å²) in [6.07, 6.45) is -12.3. The van der Waals surface area contributed by atoms with Gasteiger partial charge in [0.2, 0.25) is 12.6 Å². The molecule has 0 spiro atoms. The van der Waals surface area contributed by atoms with Crippen molar-refractivity contribution < 1.29 is 75.8 Å². The summed E-state index contributed by atoms with van der Waals surface area (Å²) >= 11 is 1.16. The van der Waals surface area contributed by atoms with Crippen LogP contribution in [0.1, 0.15) is 66.1 Å². The van der Waals surface area contributed by atoms with Crippen molar-refractivity contribution in [2.75, 3.05) is 4.90 Å². The molecule has 55 heavy (non-hydrogen) atoms. The topological polar surface area (TPSA) is 203 Å². The summed E-state index contributed by atoms with van der Waals surface area (Å²) in [5.41, 5.74) is 0.684. The van der Waals surface area contributed by atoms with Crippen LogP contribution in [-0.4, -0.2) is 98.1 Å². The van der Waals surface area contributed by atoms with Crippen molar-refractivity contribution in [3.8, 4) is 17.0 Å². The van der Waals surface area contributed by atoms with Gasteiger partial charge in [-0.1, -0.05) is 28.6 Å². The minimum absolute atomic E-state index is 0.0131. The van der Waals surface area contributed by atoms with Gasteiger partial charge in [-0.05, 0) is 62.8 Å². The Morgan fingerprint density at radius 1 is 0.964 bits per heavy atom. The third-order valence-electron chi connectivity index (χ3n) is 10.1. The largest absolute Gasteiger partial charge is 0.573 e. The van der Waals surface area contributed by atoms with E-state index in [1.165, 1.54) is 24.3 Å². The summed E-state index contributed by atoms with van der Waals surface area (Å²) < 4.78 is 86.2. The van der Waals surface area contributed by atoms with E-state index in [1.54, 1.807) is 6.07 Å². The number of halogens is 4. The number of nitrogens with zero attached hydrogens (tertiary/aromatic N) is 3. The van der Waals surface area contributed by atoms with E-state index < -0.39 is 60.9 Å². The highest BCUT2D eigenvalue weighted by Gasteiger charge is 2.48. The van der Waals surface area contributed by atoms with Gasteiger partial charge in [-0.15, -0.1) is 13.2 Å². The Morgan fingerprint density at radius 2 is 1.65 bits per heavy atom. The molecule has 4 aliphatic rings. The second-order valence-corrected chi connectivity index (χ2v) is 14.8. The highest BCUT2D eigenvalue weighted by Crippen LogP contribution is 2.47. The second kappa shape index (κ2) is 14.5. The molecule has 2 aromatic heterocycles. The van der Waals surface area contributed by atoms with Crippen LogP contribution in [-0.2, 0) is 25.6 Å². The van der Waals surface area contributed by atoms with E-state index in [0.29, 0.717) is 34.0 Å². The number of fused-ring (bicyclic) bond motifs is 3. The Hall–Kier alpha value is -4.60. The molecule has 8 rings (SSSR count). The molecule has 3 saturated heterocycles. The number of esters is 1. The summed E-state index contributed by atoms with van der Waals surface area (Å²) in [5.74, 6) is -1.70. The number of hydrogen-bond donors (Lipinski definition) is 4. The van der Waals surface area contributed by atoms with E-state index in [0.717, 1.165) is 43.1 Å². The number of anilines is 1. The van der Waals surface area contributed by atoms with E-state index in [9.17, 15) is 38.1 Å². The molecule has 4 aromatic rings. The summed E-state index contributed by atoms with van der Waals surface area (Å²) in [5, 5.41) is 43.9. The van der Waals surface area contributed by atoms with Gasteiger partial charge in [-0.3, -0.25) is 4.74 Å². The van der Waals surface area contributed by atoms with Crippen LogP contribution in [0, 0.1) is 5.82 Å². The minimum atomic E-state index is -4.90. The molecule has 1 aliphatic carbocycles. The maximum absolute atomic E-state index is 15.4. The highest BCUT2D eigenvalue weighted by molar-refractivity contribution is 7.22.